The number of nitrogens with one attached hydrogen (secondary N) is 1. The first kappa shape index (κ1) is 16.6. The summed E-state index contributed by atoms with van der Waals surface area (Å²) in [6.45, 7) is 0.734. The molecule has 0 saturated carbocycles. The summed E-state index contributed by atoms with van der Waals surface area (Å²) in [6, 6.07) is 12.3. The van der Waals surface area contributed by atoms with E-state index in [1.165, 1.54) is 10.4 Å². The minimum atomic E-state index is 0.0288. The fraction of sp³-hybridized carbons (Fsp3) is 0.167. The lowest BCUT2D eigenvalue weighted by atomic mass is 10.0. The summed E-state index contributed by atoms with van der Waals surface area (Å²) in [6.07, 6.45) is 5.46. The van der Waals surface area contributed by atoms with Crippen LogP contribution in [0.25, 0.3) is 0 Å². The Morgan fingerprint density at radius 1 is 1.20 bits per heavy atom. The minimum Gasteiger partial charge on any atom is -0.352 e. The molecule has 1 aliphatic heterocycles. The number of thiophene rings is 1. The zero-order valence-corrected chi connectivity index (χ0v) is 16.4. The molecular weight excluding hydrogens is 416 g/mol. The maximum Gasteiger partial charge on any atom is 0.170 e. The molecule has 1 fully saturated rings. The van der Waals surface area contributed by atoms with E-state index in [-0.39, 0.29) is 12.1 Å². The van der Waals surface area contributed by atoms with Crippen LogP contribution in [0.15, 0.2) is 64.8 Å². The van der Waals surface area contributed by atoms with Gasteiger partial charge in [-0.15, -0.1) is 11.3 Å². The highest BCUT2D eigenvalue weighted by atomic mass is 79.9. The van der Waals surface area contributed by atoms with Crippen molar-refractivity contribution in [3.05, 3.63) is 81.0 Å². The van der Waals surface area contributed by atoms with Gasteiger partial charge in [-0.25, -0.2) is 0 Å². The summed E-state index contributed by atoms with van der Waals surface area (Å²) < 4.78 is 1.09. The molecule has 2 unspecified atom stereocenters. The third-order valence-electron chi connectivity index (χ3n) is 4.18. The van der Waals surface area contributed by atoms with Crippen LogP contribution in [0, 0.1) is 0 Å². The van der Waals surface area contributed by atoms with E-state index in [9.17, 15) is 0 Å². The van der Waals surface area contributed by atoms with E-state index in [2.05, 4.69) is 47.6 Å². The number of hydrogen-bond acceptors (Lipinski definition) is 4. The molecule has 4 nitrogen and oxygen atoms in total. The van der Waals surface area contributed by atoms with Crippen LogP contribution < -0.4 is 5.32 Å². The van der Waals surface area contributed by atoms with E-state index in [1.54, 1.807) is 11.3 Å². The quantitative estimate of drug-likeness (QED) is 0.618. The second kappa shape index (κ2) is 7.19. The summed E-state index contributed by atoms with van der Waals surface area (Å²) in [5.74, 6) is 0. The van der Waals surface area contributed by atoms with Crippen molar-refractivity contribution in [1.82, 2.24) is 20.2 Å². The number of halogens is 1. The monoisotopic (exact) mass is 430 g/mol. The maximum absolute atomic E-state index is 5.66. The summed E-state index contributed by atoms with van der Waals surface area (Å²) in [7, 11) is 0. The van der Waals surface area contributed by atoms with Crippen LogP contribution in [0.4, 0.5) is 0 Å². The molecule has 3 aromatic heterocycles. The molecule has 25 heavy (non-hydrogen) atoms. The van der Waals surface area contributed by atoms with E-state index >= 15 is 0 Å². The molecule has 0 bridgehead atoms. The fourth-order valence-corrected chi connectivity index (χ4v) is 4.95. The highest BCUT2D eigenvalue weighted by Gasteiger charge is 2.40. The topological polar surface area (TPSA) is 41.1 Å². The van der Waals surface area contributed by atoms with Gasteiger partial charge in [0, 0.05) is 39.9 Å². The number of pyridine rings is 2. The van der Waals surface area contributed by atoms with Gasteiger partial charge in [-0.3, -0.25) is 9.97 Å². The Balaban J connectivity index is 1.72. The van der Waals surface area contributed by atoms with Crippen molar-refractivity contribution < 1.29 is 0 Å². The molecule has 7 heteroatoms. The molecular formula is C18H15BrN4S2. The average molecular weight is 431 g/mol. The highest BCUT2D eigenvalue weighted by molar-refractivity contribution is 9.10. The molecule has 126 valence electrons. The van der Waals surface area contributed by atoms with Gasteiger partial charge in [0.1, 0.15) is 0 Å². The molecule has 0 aliphatic carbocycles. The number of rotatable bonds is 4. The Morgan fingerprint density at radius 2 is 2.04 bits per heavy atom. The summed E-state index contributed by atoms with van der Waals surface area (Å²) in [5, 5.41) is 6.33. The minimum absolute atomic E-state index is 0.0288. The maximum atomic E-state index is 5.66. The lowest BCUT2D eigenvalue weighted by molar-refractivity contribution is 0.315. The third-order valence-corrected chi connectivity index (χ3v) is 6.30. The SMILES string of the molecule is S=C1NC(c2ccccn2)C(c2cc(Br)cs2)N1Cc1ccncc1. The molecule has 1 saturated heterocycles. The predicted molar refractivity (Wildman–Crippen MR) is 107 cm³/mol. The summed E-state index contributed by atoms with van der Waals surface area (Å²) >= 11 is 11.0. The van der Waals surface area contributed by atoms with Crippen molar-refractivity contribution in [2.45, 2.75) is 18.6 Å². The van der Waals surface area contributed by atoms with Crippen molar-refractivity contribution in [2.24, 2.45) is 0 Å². The van der Waals surface area contributed by atoms with Crippen LogP contribution in [0.2, 0.25) is 0 Å². The van der Waals surface area contributed by atoms with Crippen LogP contribution in [-0.4, -0.2) is 20.0 Å². The van der Waals surface area contributed by atoms with Gasteiger partial charge in [-0.05, 0) is 64.0 Å². The van der Waals surface area contributed by atoms with Gasteiger partial charge in [-0.2, -0.15) is 0 Å². The largest absolute Gasteiger partial charge is 0.352 e. The Hall–Kier alpha value is -1.83. The molecule has 4 heterocycles. The van der Waals surface area contributed by atoms with Crippen LogP contribution in [0.3, 0.4) is 0 Å². The zero-order valence-electron chi connectivity index (χ0n) is 13.2. The first-order chi connectivity index (χ1) is 12.2. The van der Waals surface area contributed by atoms with Gasteiger partial charge >= 0.3 is 0 Å². The second-order valence-electron chi connectivity index (χ2n) is 5.78. The molecule has 1 aliphatic rings. The van der Waals surface area contributed by atoms with Gasteiger partial charge in [0.15, 0.2) is 5.11 Å². The molecule has 3 aromatic rings. The Labute approximate surface area is 164 Å². The fourth-order valence-electron chi connectivity index (χ4n) is 3.05. The van der Waals surface area contributed by atoms with Crippen LogP contribution in [-0.2, 0) is 6.54 Å². The molecule has 0 spiro atoms. The van der Waals surface area contributed by atoms with Crippen molar-refractivity contribution in [1.29, 1.82) is 0 Å². The van der Waals surface area contributed by atoms with Gasteiger partial charge in [-0.1, -0.05) is 6.07 Å². The van der Waals surface area contributed by atoms with E-state index in [0.717, 1.165) is 21.8 Å². The number of aromatic nitrogens is 2. The number of hydrogen-bond donors (Lipinski definition) is 1. The smallest absolute Gasteiger partial charge is 0.170 e. The van der Waals surface area contributed by atoms with E-state index in [0.29, 0.717) is 0 Å². The lowest BCUT2D eigenvalue weighted by Gasteiger charge is -2.26. The van der Waals surface area contributed by atoms with Gasteiger partial charge in [0.05, 0.1) is 17.8 Å². The van der Waals surface area contributed by atoms with Crippen LogP contribution in [0.1, 0.15) is 28.2 Å². The van der Waals surface area contributed by atoms with Crippen molar-refractivity contribution >= 4 is 44.6 Å². The van der Waals surface area contributed by atoms with Crippen molar-refractivity contribution in [3.8, 4) is 0 Å². The molecule has 1 N–H and O–H groups in total. The molecule has 0 radical (unpaired) electrons. The molecule has 0 amide bonds. The van der Waals surface area contributed by atoms with Gasteiger partial charge in [0.25, 0.3) is 0 Å². The second-order valence-corrected chi connectivity index (χ2v) is 8.02. The Kier molecular flexibility index (Phi) is 4.78. The first-order valence-electron chi connectivity index (χ1n) is 7.83. The highest BCUT2D eigenvalue weighted by Crippen LogP contribution is 2.42. The van der Waals surface area contributed by atoms with Crippen molar-refractivity contribution in [3.63, 3.8) is 0 Å². The molecule has 4 rings (SSSR count). The van der Waals surface area contributed by atoms with Gasteiger partial charge < -0.3 is 10.2 Å². The first-order valence-corrected chi connectivity index (χ1v) is 9.91. The van der Waals surface area contributed by atoms with E-state index in [4.69, 9.17) is 12.2 Å². The number of nitrogens with zero attached hydrogens (tertiary/aromatic N) is 3. The Morgan fingerprint density at radius 3 is 2.72 bits per heavy atom. The molecule has 0 aromatic carbocycles. The van der Waals surface area contributed by atoms with Crippen molar-refractivity contribution in [2.75, 3.05) is 0 Å². The van der Waals surface area contributed by atoms with Gasteiger partial charge in [0.2, 0.25) is 0 Å². The normalized spacial score (nSPS) is 19.9. The third kappa shape index (κ3) is 3.44. The predicted octanol–water partition coefficient (Wildman–Crippen LogP) is 4.47. The number of thiocarbonyl (C=S) groups is 1. The lowest BCUT2D eigenvalue weighted by Crippen LogP contribution is -2.28. The van der Waals surface area contributed by atoms with E-state index in [1.807, 2.05) is 48.9 Å². The summed E-state index contributed by atoms with van der Waals surface area (Å²) in [4.78, 5) is 12.1. The summed E-state index contributed by atoms with van der Waals surface area (Å²) in [5.41, 5.74) is 2.18. The van der Waals surface area contributed by atoms with Crippen LogP contribution >= 0.6 is 39.5 Å². The Bertz CT molecular complexity index is 869. The standard InChI is InChI=1S/C18H15BrN4S2/c19-13-9-15(25-11-13)17-16(14-3-1-2-6-21-14)22-18(24)23(17)10-12-4-7-20-8-5-12/h1-9,11,16-17H,10H2,(H,22,24). The molecule has 2 atom stereocenters. The van der Waals surface area contributed by atoms with Crippen LogP contribution in [0.5, 0.6) is 0 Å². The van der Waals surface area contributed by atoms with E-state index < -0.39 is 0 Å². The average Bonchev–Trinajstić information content (AvgIpc) is 3.20. The zero-order chi connectivity index (χ0) is 17.2.